The van der Waals surface area contributed by atoms with E-state index in [1.54, 1.807) is 0 Å². The van der Waals surface area contributed by atoms with Crippen LogP contribution in [0.4, 0.5) is 4.39 Å². The molecule has 1 saturated heterocycles. The van der Waals surface area contributed by atoms with E-state index in [2.05, 4.69) is 21.2 Å². The summed E-state index contributed by atoms with van der Waals surface area (Å²) >= 11 is 3.15. The van der Waals surface area contributed by atoms with Gasteiger partial charge in [-0.05, 0) is 54.4 Å². The van der Waals surface area contributed by atoms with Crippen molar-refractivity contribution in [3.05, 3.63) is 28.0 Å². The summed E-state index contributed by atoms with van der Waals surface area (Å²) in [7, 11) is 0. The summed E-state index contributed by atoms with van der Waals surface area (Å²) in [5.74, 6) is -0.196. The molecule has 1 aliphatic heterocycles. The van der Waals surface area contributed by atoms with Gasteiger partial charge in [-0.2, -0.15) is 0 Å². The van der Waals surface area contributed by atoms with Crippen LogP contribution in [0.3, 0.4) is 0 Å². The number of hydrogen-bond donors (Lipinski definition) is 2. The van der Waals surface area contributed by atoms with Crippen LogP contribution in [-0.4, -0.2) is 11.7 Å². The van der Waals surface area contributed by atoms with Crippen molar-refractivity contribution in [2.75, 3.05) is 6.54 Å². The summed E-state index contributed by atoms with van der Waals surface area (Å²) in [6.07, 6.45) is 1.96. The molecular weight excluding hydrogens is 261 g/mol. The number of phenols is 1. The average molecular weight is 274 g/mol. The van der Waals surface area contributed by atoms with Gasteiger partial charge in [0.25, 0.3) is 0 Å². The fourth-order valence-electron chi connectivity index (χ4n) is 2.11. The SMILES string of the molecule is CC1(c2cc(F)cc(Br)c2O)CCCN1. The first-order valence-corrected chi connectivity index (χ1v) is 5.76. The molecule has 2 N–H and O–H groups in total. The molecule has 1 heterocycles. The number of benzene rings is 1. The van der Waals surface area contributed by atoms with Crippen molar-refractivity contribution in [1.29, 1.82) is 0 Å². The van der Waals surface area contributed by atoms with Crippen molar-refractivity contribution in [2.24, 2.45) is 0 Å². The first-order valence-electron chi connectivity index (χ1n) is 4.96. The molecule has 0 radical (unpaired) electrons. The van der Waals surface area contributed by atoms with Crippen LogP contribution in [0.15, 0.2) is 16.6 Å². The Balaban J connectivity index is 2.51. The standard InChI is InChI=1S/C11H13BrFNO/c1-11(3-2-4-14-11)8-5-7(13)6-9(12)10(8)15/h5-6,14-15H,2-4H2,1H3. The molecule has 0 amide bonds. The molecule has 15 heavy (non-hydrogen) atoms. The van der Waals surface area contributed by atoms with Crippen molar-refractivity contribution in [1.82, 2.24) is 5.32 Å². The Bertz CT molecular complexity index is 388. The van der Waals surface area contributed by atoms with Gasteiger partial charge in [-0.1, -0.05) is 0 Å². The summed E-state index contributed by atoms with van der Waals surface area (Å²) < 4.78 is 13.7. The van der Waals surface area contributed by atoms with E-state index in [-0.39, 0.29) is 17.1 Å². The number of aromatic hydroxyl groups is 1. The molecule has 0 aliphatic carbocycles. The lowest BCUT2D eigenvalue weighted by Gasteiger charge is -2.26. The molecule has 0 spiro atoms. The average Bonchev–Trinajstić information content (AvgIpc) is 2.59. The van der Waals surface area contributed by atoms with Crippen molar-refractivity contribution >= 4 is 15.9 Å². The lowest BCUT2D eigenvalue weighted by atomic mass is 9.90. The highest BCUT2D eigenvalue weighted by atomic mass is 79.9. The maximum absolute atomic E-state index is 13.3. The van der Waals surface area contributed by atoms with Crippen molar-refractivity contribution in [2.45, 2.75) is 25.3 Å². The lowest BCUT2D eigenvalue weighted by molar-refractivity contribution is 0.389. The number of rotatable bonds is 1. The van der Waals surface area contributed by atoms with Gasteiger partial charge >= 0.3 is 0 Å². The number of phenolic OH excluding ortho intramolecular Hbond substituents is 1. The molecule has 4 heteroatoms. The van der Waals surface area contributed by atoms with Gasteiger partial charge in [-0.3, -0.25) is 0 Å². The summed E-state index contributed by atoms with van der Waals surface area (Å²) in [6.45, 7) is 2.89. The van der Waals surface area contributed by atoms with E-state index >= 15 is 0 Å². The predicted molar refractivity (Wildman–Crippen MR) is 60.4 cm³/mol. The van der Waals surface area contributed by atoms with E-state index < -0.39 is 0 Å². The molecule has 0 saturated carbocycles. The smallest absolute Gasteiger partial charge is 0.135 e. The highest BCUT2D eigenvalue weighted by Gasteiger charge is 2.33. The molecule has 1 atom stereocenters. The summed E-state index contributed by atoms with van der Waals surface area (Å²) in [6, 6.07) is 2.68. The van der Waals surface area contributed by atoms with Crippen LogP contribution in [0.2, 0.25) is 0 Å². The van der Waals surface area contributed by atoms with Crippen LogP contribution in [-0.2, 0) is 5.54 Å². The van der Waals surface area contributed by atoms with Crippen molar-refractivity contribution in [3.63, 3.8) is 0 Å². The third-order valence-electron chi connectivity index (χ3n) is 2.99. The third kappa shape index (κ3) is 1.88. The molecule has 1 fully saturated rings. The van der Waals surface area contributed by atoms with E-state index in [0.717, 1.165) is 19.4 Å². The fraction of sp³-hybridized carbons (Fsp3) is 0.455. The zero-order valence-electron chi connectivity index (χ0n) is 8.48. The van der Waals surface area contributed by atoms with Crippen LogP contribution >= 0.6 is 15.9 Å². The fourth-order valence-corrected chi connectivity index (χ4v) is 2.54. The van der Waals surface area contributed by atoms with Gasteiger partial charge in [0, 0.05) is 11.1 Å². The second-order valence-corrected chi connectivity index (χ2v) is 5.00. The number of nitrogens with one attached hydrogen (secondary N) is 1. The van der Waals surface area contributed by atoms with Crippen LogP contribution in [0.25, 0.3) is 0 Å². The van der Waals surface area contributed by atoms with E-state index in [0.29, 0.717) is 10.0 Å². The van der Waals surface area contributed by atoms with E-state index in [4.69, 9.17) is 0 Å². The molecule has 0 bridgehead atoms. The second-order valence-electron chi connectivity index (χ2n) is 4.15. The minimum Gasteiger partial charge on any atom is -0.506 e. The largest absolute Gasteiger partial charge is 0.506 e. The summed E-state index contributed by atoms with van der Waals surface area (Å²) in [5, 5.41) is 13.2. The molecule has 0 aromatic heterocycles. The quantitative estimate of drug-likeness (QED) is 0.825. The first kappa shape index (κ1) is 10.9. The van der Waals surface area contributed by atoms with Gasteiger partial charge in [0.15, 0.2) is 0 Å². The van der Waals surface area contributed by atoms with Crippen molar-refractivity contribution < 1.29 is 9.50 Å². The number of hydrogen-bond acceptors (Lipinski definition) is 2. The van der Waals surface area contributed by atoms with E-state index in [9.17, 15) is 9.50 Å². The minimum atomic E-state index is -0.329. The van der Waals surface area contributed by atoms with Gasteiger partial charge < -0.3 is 10.4 Å². The van der Waals surface area contributed by atoms with E-state index in [1.165, 1.54) is 12.1 Å². The molecule has 1 aromatic rings. The minimum absolute atomic E-state index is 0.133. The Labute approximate surface area is 96.6 Å². The topological polar surface area (TPSA) is 32.3 Å². The first-order chi connectivity index (χ1) is 7.03. The Kier molecular flexibility index (Phi) is 2.73. The van der Waals surface area contributed by atoms with Crippen LogP contribution < -0.4 is 5.32 Å². The molecule has 2 rings (SSSR count). The Morgan fingerprint density at radius 3 is 2.87 bits per heavy atom. The molecule has 1 aliphatic rings. The second kappa shape index (κ2) is 3.76. The Hall–Kier alpha value is -0.610. The zero-order valence-corrected chi connectivity index (χ0v) is 10.1. The van der Waals surface area contributed by atoms with Crippen LogP contribution in [0.1, 0.15) is 25.3 Å². The van der Waals surface area contributed by atoms with Crippen molar-refractivity contribution in [3.8, 4) is 5.75 Å². The normalized spacial score (nSPS) is 25.8. The lowest BCUT2D eigenvalue weighted by Crippen LogP contribution is -2.33. The highest BCUT2D eigenvalue weighted by molar-refractivity contribution is 9.10. The van der Waals surface area contributed by atoms with E-state index in [1.807, 2.05) is 6.92 Å². The monoisotopic (exact) mass is 273 g/mol. The molecule has 1 aromatic carbocycles. The predicted octanol–water partition coefficient (Wildman–Crippen LogP) is 2.89. The van der Waals surface area contributed by atoms with Gasteiger partial charge in [0.1, 0.15) is 11.6 Å². The zero-order chi connectivity index (χ0) is 11.1. The number of halogens is 2. The molecule has 1 unspecified atom stereocenters. The summed E-state index contributed by atoms with van der Waals surface area (Å²) in [5.41, 5.74) is 0.321. The maximum atomic E-state index is 13.3. The Morgan fingerprint density at radius 2 is 2.27 bits per heavy atom. The molecular formula is C11H13BrFNO. The van der Waals surface area contributed by atoms with Gasteiger partial charge in [0.05, 0.1) is 4.47 Å². The maximum Gasteiger partial charge on any atom is 0.135 e. The van der Waals surface area contributed by atoms with Gasteiger partial charge in [-0.15, -0.1) is 0 Å². The summed E-state index contributed by atoms with van der Waals surface area (Å²) in [4.78, 5) is 0. The van der Waals surface area contributed by atoms with Crippen LogP contribution in [0, 0.1) is 5.82 Å². The highest BCUT2D eigenvalue weighted by Crippen LogP contribution is 2.39. The third-order valence-corrected chi connectivity index (χ3v) is 3.60. The van der Waals surface area contributed by atoms with Gasteiger partial charge in [0.2, 0.25) is 0 Å². The van der Waals surface area contributed by atoms with Gasteiger partial charge in [-0.25, -0.2) is 4.39 Å². The molecule has 2 nitrogen and oxygen atoms in total. The van der Waals surface area contributed by atoms with Crippen LogP contribution in [0.5, 0.6) is 5.75 Å². The molecule has 82 valence electrons. The Morgan fingerprint density at radius 1 is 1.53 bits per heavy atom.